The average Bonchev–Trinajstić information content (AvgIpc) is 3.07. The lowest BCUT2D eigenvalue weighted by Gasteiger charge is -2.11. The molecule has 126 valence electrons. The van der Waals surface area contributed by atoms with Crippen LogP contribution in [0.3, 0.4) is 0 Å². The molecule has 2 amide bonds. The third-order valence-corrected chi connectivity index (χ3v) is 3.74. The minimum absolute atomic E-state index is 0.234. The van der Waals surface area contributed by atoms with E-state index < -0.39 is 0 Å². The maximum Gasteiger partial charge on any atom is 0.255 e. The first-order chi connectivity index (χ1) is 12.1. The van der Waals surface area contributed by atoms with Crippen LogP contribution in [0.1, 0.15) is 26.4 Å². The van der Waals surface area contributed by atoms with Crippen molar-refractivity contribution < 1.29 is 9.59 Å². The van der Waals surface area contributed by atoms with E-state index in [-0.39, 0.29) is 11.8 Å². The van der Waals surface area contributed by atoms with E-state index in [9.17, 15) is 9.59 Å². The highest BCUT2D eigenvalue weighted by Gasteiger charge is 2.12. The van der Waals surface area contributed by atoms with Crippen molar-refractivity contribution in [3.8, 4) is 5.69 Å². The van der Waals surface area contributed by atoms with Gasteiger partial charge in [-0.25, -0.2) is 4.68 Å². The van der Waals surface area contributed by atoms with Gasteiger partial charge in [0.25, 0.3) is 11.8 Å². The molecule has 0 aliphatic carbocycles. The first-order valence-corrected chi connectivity index (χ1v) is 7.83. The Morgan fingerprint density at radius 3 is 2.36 bits per heavy atom. The van der Waals surface area contributed by atoms with Gasteiger partial charge >= 0.3 is 0 Å². The van der Waals surface area contributed by atoms with Crippen molar-refractivity contribution in [2.24, 2.45) is 0 Å². The van der Waals surface area contributed by atoms with Crippen LogP contribution in [0.15, 0.2) is 60.8 Å². The molecule has 25 heavy (non-hydrogen) atoms. The summed E-state index contributed by atoms with van der Waals surface area (Å²) in [5, 5.41) is 9.82. The molecule has 1 heterocycles. The molecule has 0 aliphatic heterocycles. The molecule has 3 rings (SSSR count). The largest absolute Gasteiger partial charge is 0.355 e. The first-order valence-electron chi connectivity index (χ1n) is 7.83. The lowest BCUT2D eigenvalue weighted by Crippen LogP contribution is -2.19. The first kappa shape index (κ1) is 16.4. The molecule has 0 bridgehead atoms. The molecular weight excluding hydrogens is 316 g/mol. The summed E-state index contributed by atoms with van der Waals surface area (Å²) in [5.41, 5.74) is 3.14. The highest BCUT2D eigenvalue weighted by molar-refractivity contribution is 6.06. The Morgan fingerprint density at radius 1 is 0.960 bits per heavy atom. The molecule has 0 saturated heterocycles. The van der Waals surface area contributed by atoms with Crippen LogP contribution in [0.4, 0.5) is 5.69 Å². The normalized spacial score (nSPS) is 10.3. The van der Waals surface area contributed by atoms with Crippen LogP contribution in [-0.4, -0.2) is 28.6 Å². The number of hydrogen-bond donors (Lipinski definition) is 2. The van der Waals surface area contributed by atoms with Gasteiger partial charge in [-0.15, -0.1) is 0 Å². The van der Waals surface area contributed by atoms with Crippen LogP contribution in [0, 0.1) is 6.92 Å². The van der Waals surface area contributed by atoms with Crippen molar-refractivity contribution in [3.63, 3.8) is 0 Å². The summed E-state index contributed by atoms with van der Waals surface area (Å²) in [6.45, 7) is 1.90. The minimum Gasteiger partial charge on any atom is -0.355 e. The second kappa shape index (κ2) is 7.00. The van der Waals surface area contributed by atoms with Gasteiger partial charge in [0.15, 0.2) is 0 Å². The molecule has 6 heteroatoms. The molecule has 0 fully saturated rings. The van der Waals surface area contributed by atoms with E-state index in [2.05, 4.69) is 15.7 Å². The van der Waals surface area contributed by atoms with Gasteiger partial charge in [0.05, 0.1) is 17.1 Å². The Hall–Kier alpha value is -3.41. The molecule has 1 aromatic heterocycles. The Kier molecular flexibility index (Phi) is 4.61. The number of amides is 2. The van der Waals surface area contributed by atoms with Gasteiger partial charge in [-0.3, -0.25) is 9.59 Å². The van der Waals surface area contributed by atoms with Crippen LogP contribution in [0.25, 0.3) is 5.69 Å². The third kappa shape index (κ3) is 3.58. The number of nitrogens with one attached hydrogen (secondary N) is 2. The predicted octanol–water partition coefficient (Wildman–Crippen LogP) is 2.79. The highest BCUT2D eigenvalue weighted by Crippen LogP contribution is 2.20. The van der Waals surface area contributed by atoms with E-state index in [0.717, 1.165) is 11.4 Å². The van der Waals surface area contributed by atoms with Crippen molar-refractivity contribution >= 4 is 17.5 Å². The van der Waals surface area contributed by atoms with Gasteiger partial charge in [-0.2, -0.15) is 5.10 Å². The molecule has 0 atom stereocenters. The number of carbonyl (C=O) groups is 2. The lowest BCUT2D eigenvalue weighted by atomic mass is 10.1. The smallest absolute Gasteiger partial charge is 0.255 e. The fourth-order valence-electron chi connectivity index (χ4n) is 2.47. The van der Waals surface area contributed by atoms with Gasteiger partial charge in [0.1, 0.15) is 0 Å². The minimum atomic E-state index is -0.290. The van der Waals surface area contributed by atoms with Gasteiger partial charge in [-0.1, -0.05) is 18.2 Å². The molecule has 0 aliphatic rings. The predicted molar refractivity (Wildman–Crippen MR) is 96.1 cm³/mol. The van der Waals surface area contributed by atoms with Crippen LogP contribution >= 0.6 is 0 Å². The zero-order valence-corrected chi connectivity index (χ0v) is 14.0. The van der Waals surface area contributed by atoms with Gasteiger partial charge < -0.3 is 10.6 Å². The quantitative estimate of drug-likeness (QED) is 0.770. The van der Waals surface area contributed by atoms with Crippen LogP contribution in [0.5, 0.6) is 0 Å². The van der Waals surface area contributed by atoms with Crippen molar-refractivity contribution in [3.05, 3.63) is 77.6 Å². The Balaban J connectivity index is 1.88. The maximum atomic E-state index is 12.6. The number of anilines is 1. The van der Waals surface area contributed by atoms with Crippen molar-refractivity contribution in [1.29, 1.82) is 0 Å². The Morgan fingerprint density at radius 2 is 1.68 bits per heavy atom. The molecule has 2 N–H and O–H groups in total. The number of rotatable bonds is 4. The highest BCUT2D eigenvalue weighted by atomic mass is 16.2. The maximum absolute atomic E-state index is 12.6. The number of nitrogens with zero attached hydrogens (tertiary/aromatic N) is 2. The summed E-state index contributed by atoms with van der Waals surface area (Å²) in [6.07, 6.45) is 1.84. The number of carbonyl (C=O) groups excluding carboxylic acids is 2. The number of hydrogen-bond acceptors (Lipinski definition) is 3. The Labute approximate surface area is 145 Å². The Bertz CT molecular complexity index is 930. The van der Waals surface area contributed by atoms with Crippen molar-refractivity contribution in [1.82, 2.24) is 15.1 Å². The summed E-state index contributed by atoms with van der Waals surface area (Å²) in [6, 6.07) is 15.9. The van der Waals surface area contributed by atoms with Gasteiger partial charge in [-0.05, 0) is 43.3 Å². The monoisotopic (exact) mass is 334 g/mol. The van der Waals surface area contributed by atoms with Gasteiger partial charge in [0.2, 0.25) is 0 Å². The molecular formula is C19H18N4O2. The van der Waals surface area contributed by atoms with Crippen molar-refractivity contribution in [2.45, 2.75) is 6.92 Å². The fraction of sp³-hybridized carbons (Fsp3) is 0.105. The summed E-state index contributed by atoms with van der Waals surface area (Å²) in [4.78, 5) is 24.3. The van der Waals surface area contributed by atoms with E-state index >= 15 is 0 Å². The summed E-state index contributed by atoms with van der Waals surface area (Å²) < 4.78 is 1.71. The molecule has 0 radical (unpaired) electrons. The van der Waals surface area contributed by atoms with E-state index in [1.54, 1.807) is 36.0 Å². The number of aromatic nitrogens is 2. The molecule has 2 aromatic carbocycles. The zero-order valence-electron chi connectivity index (χ0n) is 14.0. The summed E-state index contributed by atoms with van der Waals surface area (Å²) in [7, 11) is 1.55. The van der Waals surface area contributed by atoms with Crippen LogP contribution < -0.4 is 10.6 Å². The lowest BCUT2D eigenvalue weighted by molar-refractivity contribution is 0.0963. The third-order valence-electron chi connectivity index (χ3n) is 3.74. The molecule has 0 saturated carbocycles. The number of para-hydroxylation sites is 2. The molecule has 0 unspecified atom stereocenters. The summed E-state index contributed by atoms with van der Waals surface area (Å²) >= 11 is 0. The average molecular weight is 334 g/mol. The van der Waals surface area contributed by atoms with Crippen molar-refractivity contribution in [2.75, 3.05) is 12.4 Å². The molecule has 0 spiro atoms. The zero-order chi connectivity index (χ0) is 17.8. The van der Waals surface area contributed by atoms with Crippen LogP contribution in [0.2, 0.25) is 0 Å². The number of aryl methyl sites for hydroxylation is 1. The topological polar surface area (TPSA) is 76.0 Å². The van der Waals surface area contributed by atoms with Crippen LogP contribution in [-0.2, 0) is 0 Å². The SMILES string of the molecule is CNC(=O)c1cccc(C(=O)Nc2ccccc2-n2ccc(C)n2)c1. The van der Waals surface area contributed by atoms with E-state index in [4.69, 9.17) is 0 Å². The second-order valence-corrected chi connectivity index (χ2v) is 5.53. The van der Waals surface area contributed by atoms with E-state index in [0.29, 0.717) is 16.8 Å². The molecule has 6 nitrogen and oxygen atoms in total. The van der Waals surface area contributed by atoms with E-state index in [1.807, 2.05) is 43.5 Å². The van der Waals surface area contributed by atoms with E-state index in [1.165, 1.54) is 0 Å². The summed E-state index contributed by atoms with van der Waals surface area (Å²) in [5.74, 6) is -0.524. The standard InChI is InChI=1S/C19H18N4O2/c1-13-10-11-23(22-13)17-9-4-3-8-16(17)21-19(25)15-7-5-6-14(12-15)18(24)20-2/h3-12H,1-2H3,(H,20,24)(H,21,25). The molecule has 3 aromatic rings. The fourth-order valence-corrected chi connectivity index (χ4v) is 2.47. The number of benzene rings is 2. The van der Waals surface area contributed by atoms with Gasteiger partial charge in [0, 0.05) is 24.4 Å². The second-order valence-electron chi connectivity index (χ2n) is 5.53.